The minimum Gasteiger partial charge on any atom is -0.321 e. The van der Waals surface area contributed by atoms with Crippen LogP contribution in [0.2, 0.25) is 0 Å². The van der Waals surface area contributed by atoms with Gasteiger partial charge in [0.25, 0.3) is 0 Å². The predicted octanol–water partition coefficient (Wildman–Crippen LogP) is 6.93. The zero-order chi connectivity index (χ0) is 24.4. The average molecular weight is 464 g/mol. The molecule has 0 spiro atoms. The van der Waals surface area contributed by atoms with Gasteiger partial charge in [0.2, 0.25) is 0 Å². The number of aryl methyl sites for hydroxylation is 1. The van der Waals surface area contributed by atoms with E-state index < -0.39 is 0 Å². The van der Waals surface area contributed by atoms with E-state index in [1.54, 1.807) is 0 Å². The Hall–Kier alpha value is -3.57. The average Bonchev–Trinajstić information content (AvgIpc) is 3.32. The van der Waals surface area contributed by atoms with Crippen LogP contribution in [0.1, 0.15) is 57.8 Å². The van der Waals surface area contributed by atoms with Gasteiger partial charge in [0.15, 0.2) is 5.65 Å². The number of fused-ring (bicyclic) bond motifs is 3. The Bertz CT molecular complexity index is 1450. The van der Waals surface area contributed by atoms with Crippen molar-refractivity contribution >= 4 is 16.6 Å². The number of hydrogen-bond acceptors (Lipinski definition) is 4. The number of hydrogen-bond donors (Lipinski definition) is 1. The number of rotatable bonds is 5. The maximum absolute atomic E-state index is 6.55. The molecule has 5 aromatic rings. The van der Waals surface area contributed by atoms with Gasteiger partial charge >= 0.3 is 0 Å². The Balaban J connectivity index is 0.00000124. The van der Waals surface area contributed by atoms with Crippen molar-refractivity contribution in [2.45, 2.75) is 58.4 Å². The lowest BCUT2D eigenvalue weighted by atomic mass is 9.72. The normalized spacial score (nSPS) is 14.4. The molecule has 0 saturated heterocycles. The highest BCUT2D eigenvalue weighted by Crippen LogP contribution is 2.40. The largest absolute Gasteiger partial charge is 0.321 e. The maximum atomic E-state index is 6.55. The van der Waals surface area contributed by atoms with Gasteiger partial charge in [0.05, 0.1) is 11.2 Å². The summed E-state index contributed by atoms with van der Waals surface area (Å²) < 4.78 is 2.09. The van der Waals surface area contributed by atoms with Gasteiger partial charge < -0.3 is 5.73 Å². The third-order valence-corrected chi connectivity index (χ3v) is 6.98. The van der Waals surface area contributed by atoms with E-state index >= 15 is 0 Å². The summed E-state index contributed by atoms with van der Waals surface area (Å²) in [6.45, 7) is 6.16. The van der Waals surface area contributed by atoms with Crippen LogP contribution in [0.4, 0.5) is 0 Å². The van der Waals surface area contributed by atoms with Gasteiger partial charge in [-0.3, -0.25) is 4.40 Å². The molecule has 0 aliphatic heterocycles. The standard InChI is InChI=1S/C28H27N5.C2H6/c1-2-7-25-31-32-27-23-18-22(19-8-4-3-5-9-19)26(30-24(23)14-17-33(25)27)20-10-12-21(13-11-20)28(29)15-6-16-28;1-2/h3-5,8-14,17-18H,2,6-7,15-16,29H2,1H3;1-2H3. The van der Waals surface area contributed by atoms with Gasteiger partial charge in [0, 0.05) is 34.7 Å². The van der Waals surface area contributed by atoms with E-state index in [0.717, 1.165) is 70.4 Å². The molecule has 5 nitrogen and oxygen atoms in total. The Morgan fingerprint density at radius 2 is 1.66 bits per heavy atom. The third-order valence-electron chi connectivity index (χ3n) is 6.98. The molecule has 0 radical (unpaired) electrons. The van der Waals surface area contributed by atoms with E-state index in [0.29, 0.717) is 0 Å². The topological polar surface area (TPSA) is 69.1 Å². The summed E-state index contributed by atoms with van der Waals surface area (Å²) in [6.07, 6.45) is 7.30. The van der Waals surface area contributed by atoms with Crippen LogP contribution in [0.5, 0.6) is 0 Å². The predicted molar refractivity (Wildman–Crippen MR) is 144 cm³/mol. The Morgan fingerprint density at radius 1 is 0.914 bits per heavy atom. The minimum atomic E-state index is -0.160. The van der Waals surface area contributed by atoms with Gasteiger partial charge in [-0.05, 0) is 48.9 Å². The molecule has 1 fully saturated rings. The number of nitrogens with two attached hydrogens (primary N) is 1. The maximum Gasteiger partial charge on any atom is 0.170 e. The van der Waals surface area contributed by atoms with Crippen molar-refractivity contribution in [1.29, 1.82) is 0 Å². The second-order valence-electron chi connectivity index (χ2n) is 9.15. The molecular formula is C30H33N5. The van der Waals surface area contributed by atoms with Crippen LogP contribution in [0.25, 0.3) is 38.9 Å². The molecular weight excluding hydrogens is 430 g/mol. The molecule has 178 valence electrons. The molecule has 2 N–H and O–H groups in total. The Morgan fingerprint density at radius 3 is 2.31 bits per heavy atom. The highest BCUT2D eigenvalue weighted by molar-refractivity contribution is 5.98. The molecule has 0 atom stereocenters. The van der Waals surface area contributed by atoms with E-state index in [2.05, 4.69) is 82.2 Å². The number of pyridine rings is 2. The molecule has 1 saturated carbocycles. The highest BCUT2D eigenvalue weighted by Gasteiger charge is 2.34. The van der Waals surface area contributed by atoms with E-state index in [4.69, 9.17) is 10.7 Å². The summed E-state index contributed by atoms with van der Waals surface area (Å²) in [7, 11) is 0. The SMILES string of the molecule is CC.CCCc1nnc2c3cc(-c4ccccc4)c(-c4ccc(C5(N)CCC5)cc4)nc3ccn12. The summed E-state index contributed by atoms with van der Waals surface area (Å²) in [5.74, 6) is 0.988. The van der Waals surface area contributed by atoms with Gasteiger partial charge in [-0.25, -0.2) is 4.98 Å². The van der Waals surface area contributed by atoms with Crippen molar-refractivity contribution in [3.63, 3.8) is 0 Å². The van der Waals surface area contributed by atoms with E-state index in [1.165, 1.54) is 12.0 Å². The lowest BCUT2D eigenvalue weighted by Crippen LogP contribution is -2.43. The van der Waals surface area contributed by atoms with Crippen LogP contribution >= 0.6 is 0 Å². The van der Waals surface area contributed by atoms with Crippen molar-refractivity contribution in [3.05, 3.63) is 84.3 Å². The molecule has 3 aromatic heterocycles. The van der Waals surface area contributed by atoms with Crippen LogP contribution in [0.15, 0.2) is 72.9 Å². The van der Waals surface area contributed by atoms with Gasteiger partial charge in [-0.15, -0.1) is 10.2 Å². The molecule has 0 amide bonds. The van der Waals surface area contributed by atoms with Crippen molar-refractivity contribution in [3.8, 4) is 22.4 Å². The number of nitrogens with zero attached hydrogens (tertiary/aromatic N) is 4. The number of benzene rings is 2. The summed E-state index contributed by atoms with van der Waals surface area (Å²) in [5.41, 5.74) is 13.7. The summed E-state index contributed by atoms with van der Waals surface area (Å²) >= 11 is 0. The monoisotopic (exact) mass is 463 g/mol. The second-order valence-corrected chi connectivity index (χ2v) is 9.15. The van der Waals surface area contributed by atoms with Crippen LogP contribution in [0, 0.1) is 0 Å². The molecule has 2 aromatic carbocycles. The van der Waals surface area contributed by atoms with Crippen LogP contribution < -0.4 is 5.73 Å². The first kappa shape index (κ1) is 23.2. The van der Waals surface area contributed by atoms with Gasteiger partial charge in [-0.2, -0.15) is 0 Å². The van der Waals surface area contributed by atoms with Gasteiger partial charge in [-0.1, -0.05) is 75.4 Å². The molecule has 6 rings (SSSR count). The minimum absolute atomic E-state index is 0.160. The number of aromatic nitrogens is 4. The smallest absolute Gasteiger partial charge is 0.170 e. The third kappa shape index (κ3) is 4.10. The van der Waals surface area contributed by atoms with E-state index in [-0.39, 0.29) is 5.54 Å². The first-order valence-electron chi connectivity index (χ1n) is 12.8. The molecule has 1 aliphatic rings. The van der Waals surface area contributed by atoms with E-state index in [1.807, 2.05) is 26.1 Å². The van der Waals surface area contributed by atoms with Crippen molar-refractivity contribution in [2.75, 3.05) is 0 Å². The Kier molecular flexibility index (Phi) is 6.35. The van der Waals surface area contributed by atoms with Crippen molar-refractivity contribution in [1.82, 2.24) is 19.6 Å². The quantitative estimate of drug-likeness (QED) is 0.307. The fourth-order valence-corrected chi connectivity index (χ4v) is 4.90. The summed E-state index contributed by atoms with van der Waals surface area (Å²) in [4.78, 5) is 5.14. The van der Waals surface area contributed by atoms with Crippen LogP contribution in [-0.4, -0.2) is 19.6 Å². The molecule has 1 aliphatic carbocycles. The zero-order valence-corrected chi connectivity index (χ0v) is 20.8. The summed E-state index contributed by atoms with van der Waals surface area (Å²) in [6, 6.07) is 23.4. The fraction of sp³-hybridized carbons (Fsp3) is 0.300. The van der Waals surface area contributed by atoms with Crippen LogP contribution in [0.3, 0.4) is 0 Å². The summed E-state index contributed by atoms with van der Waals surface area (Å²) in [5, 5.41) is 9.97. The lowest BCUT2D eigenvalue weighted by Gasteiger charge is -2.38. The lowest BCUT2D eigenvalue weighted by molar-refractivity contribution is 0.253. The second kappa shape index (κ2) is 9.59. The molecule has 35 heavy (non-hydrogen) atoms. The zero-order valence-electron chi connectivity index (χ0n) is 20.8. The fourth-order valence-electron chi connectivity index (χ4n) is 4.90. The first-order chi connectivity index (χ1) is 17.2. The molecule has 3 heterocycles. The Labute approximate surface area is 207 Å². The molecule has 0 bridgehead atoms. The molecule has 0 unspecified atom stereocenters. The van der Waals surface area contributed by atoms with Crippen molar-refractivity contribution < 1.29 is 0 Å². The van der Waals surface area contributed by atoms with Crippen molar-refractivity contribution in [2.24, 2.45) is 5.73 Å². The van der Waals surface area contributed by atoms with Crippen LogP contribution in [-0.2, 0) is 12.0 Å². The van der Waals surface area contributed by atoms with Gasteiger partial charge in [0.1, 0.15) is 5.82 Å². The highest BCUT2D eigenvalue weighted by atomic mass is 15.2. The van der Waals surface area contributed by atoms with E-state index in [9.17, 15) is 0 Å². The first-order valence-corrected chi connectivity index (χ1v) is 12.8. The molecule has 5 heteroatoms.